The van der Waals surface area contributed by atoms with Gasteiger partial charge in [-0.1, -0.05) is 0 Å². The van der Waals surface area contributed by atoms with Crippen molar-refractivity contribution < 1.29 is 23.4 Å². The lowest BCUT2D eigenvalue weighted by atomic mass is 10.0. The summed E-state index contributed by atoms with van der Waals surface area (Å²) >= 11 is 0. The first-order valence-corrected chi connectivity index (χ1v) is 10.4. The number of aromatic hydroxyl groups is 1. The number of rotatable bonds is 3. The molecule has 0 bridgehead atoms. The molecule has 1 aromatic carbocycles. The molecule has 0 amide bonds. The first-order valence-electron chi connectivity index (χ1n) is 10.4. The molecule has 1 N–H and O–H groups in total. The number of benzene rings is 1. The highest BCUT2D eigenvalue weighted by molar-refractivity contribution is 5.86. The summed E-state index contributed by atoms with van der Waals surface area (Å²) in [6.45, 7) is 2.00. The van der Waals surface area contributed by atoms with Crippen LogP contribution in [0.15, 0.2) is 18.5 Å². The second kappa shape index (κ2) is 6.49. The van der Waals surface area contributed by atoms with Crippen LogP contribution in [0.5, 0.6) is 17.2 Å². The van der Waals surface area contributed by atoms with E-state index < -0.39 is 12.0 Å². The first kappa shape index (κ1) is 18.7. The molecule has 2 aliphatic heterocycles. The van der Waals surface area contributed by atoms with Gasteiger partial charge in [0.15, 0.2) is 17.1 Å². The molecule has 1 atom stereocenters. The number of alkyl halides is 2. The van der Waals surface area contributed by atoms with Crippen molar-refractivity contribution in [2.45, 2.75) is 43.9 Å². The monoisotopic (exact) mass is 429 g/mol. The number of piperidine rings is 1. The van der Waals surface area contributed by atoms with Gasteiger partial charge in [0.1, 0.15) is 11.2 Å². The fourth-order valence-corrected chi connectivity index (χ4v) is 4.69. The predicted molar refractivity (Wildman–Crippen MR) is 106 cm³/mol. The van der Waals surface area contributed by atoms with Crippen LogP contribution in [0.2, 0.25) is 0 Å². The highest BCUT2D eigenvalue weighted by Crippen LogP contribution is 2.53. The number of phenols is 1. The summed E-state index contributed by atoms with van der Waals surface area (Å²) in [6, 6.07) is 3.13. The van der Waals surface area contributed by atoms with Gasteiger partial charge in [-0.15, -0.1) is 19.0 Å². The molecular formula is C21H21F2N5O3. The second-order valence-electron chi connectivity index (χ2n) is 8.58. The number of phenolic OH excluding ortho intramolecular Hbond substituents is 1. The summed E-state index contributed by atoms with van der Waals surface area (Å²) in [6.07, 6.45) is 2.14. The minimum absolute atomic E-state index is 0.209. The van der Waals surface area contributed by atoms with Crippen molar-refractivity contribution >= 4 is 11.2 Å². The first-order chi connectivity index (χ1) is 14.9. The Hall–Kier alpha value is -3.01. The third-order valence-electron chi connectivity index (χ3n) is 6.30. The number of hydrogen-bond acceptors (Lipinski definition) is 7. The minimum Gasteiger partial charge on any atom is -0.504 e. The number of fused-ring (bicyclic) bond motifs is 2. The molecule has 3 aromatic rings. The van der Waals surface area contributed by atoms with Crippen molar-refractivity contribution in [2.75, 3.05) is 20.1 Å². The van der Waals surface area contributed by atoms with E-state index in [4.69, 9.17) is 0 Å². The lowest BCUT2D eigenvalue weighted by molar-refractivity contribution is -0.287. The lowest BCUT2D eigenvalue weighted by Gasteiger charge is -2.30. The summed E-state index contributed by atoms with van der Waals surface area (Å²) in [5.41, 5.74) is 3.10. The van der Waals surface area contributed by atoms with Crippen LogP contribution in [0.25, 0.3) is 22.4 Å². The van der Waals surface area contributed by atoms with E-state index in [1.807, 2.05) is 6.33 Å². The maximum Gasteiger partial charge on any atom is 0.586 e. The topological polar surface area (TPSA) is 85.5 Å². The molecule has 2 aromatic heterocycles. The summed E-state index contributed by atoms with van der Waals surface area (Å²) in [4.78, 5) is 6.97. The SMILES string of the molecule is CN1CCC[C@@H](n2cnc3c(C4CC4)c(-c4ccc5c(c4O)OC(F)(F)O5)nnc32)C1. The van der Waals surface area contributed by atoms with Crippen molar-refractivity contribution in [3.05, 3.63) is 24.0 Å². The number of imidazole rings is 1. The van der Waals surface area contributed by atoms with Gasteiger partial charge >= 0.3 is 6.29 Å². The molecule has 1 saturated heterocycles. The van der Waals surface area contributed by atoms with E-state index in [2.05, 4.69) is 41.2 Å². The predicted octanol–water partition coefficient (Wildman–Crippen LogP) is 3.66. The summed E-state index contributed by atoms with van der Waals surface area (Å²) < 4.78 is 38.0. The van der Waals surface area contributed by atoms with Gasteiger partial charge in [0.05, 0.1) is 6.33 Å². The van der Waals surface area contributed by atoms with E-state index in [-0.39, 0.29) is 29.0 Å². The van der Waals surface area contributed by atoms with Crippen LogP contribution >= 0.6 is 0 Å². The lowest BCUT2D eigenvalue weighted by Crippen LogP contribution is -2.33. The van der Waals surface area contributed by atoms with Crippen LogP contribution in [0, 0.1) is 0 Å². The molecule has 6 rings (SSSR count). The number of hydrogen-bond donors (Lipinski definition) is 1. The van der Waals surface area contributed by atoms with Crippen molar-refractivity contribution in [3.8, 4) is 28.5 Å². The smallest absolute Gasteiger partial charge is 0.504 e. The Balaban J connectivity index is 1.48. The zero-order valence-corrected chi connectivity index (χ0v) is 16.9. The Morgan fingerprint density at radius 1 is 1.16 bits per heavy atom. The molecule has 3 aliphatic rings. The maximum atomic E-state index is 13.5. The fraction of sp³-hybridized carbons (Fsp3) is 0.476. The quantitative estimate of drug-likeness (QED) is 0.680. The van der Waals surface area contributed by atoms with Gasteiger partial charge in [-0.2, -0.15) is 0 Å². The molecular weight excluding hydrogens is 408 g/mol. The highest BCUT2D eigenvalue weighted by atomic mass is 19.3. The molecule has 2 fully saturated rings. The van der Waals surface area contributed by atoms with Gasteiger partial charge in [-0.05, 0) is 57.3 Å². The third-order valence-corrected chi connectivity index (χ3v) is 6.30. The number of aromatic nitrogens is 4. The number of likely N-dealkylation sites (N-methyl/N-ethyl adjacent to an activating group) is 1. The largest absolute Gasteiger partial charge is 0.586 e. The van der Waals surface area contributed by atoms with Gasteiger partial charge < -0.3 is 24.0 Å². The Morgan fingerprint density at radius 3 is 2.77 bits per heavy atom. The molecule has 0 spiro atoms. The normalized spacial score (nSPS) is 22.9. The second-order valence-corrected chi connectivity index (χ2v) is 8.58. The van der Waals surface area contributed by atoms with Crippen molar-refractivity contribution in [2.24, 2.45) is 0 Å². The molecule has 0 radical (unpaired) electrons. The van der Waals surface area contributed by atoms with Gasteiger partial charge in [0.2, 0.25) is 5.75 Å². The summed E-state index contributed by atoms with van der Waals surface area (Å²) in [7, 11) is 2.11. The van der Waals surface area contributed by atoms with Gasteiger partial charge in [-0.3, -0.25) is 0 Å². The van der Waals surface area contributed by atoms with Crippen LogP contribution in [0.1, 0.15) is 43.2 Å². The molecule has 0 unspecified atom stereocenters. The van der Waals surface area contributed by atoms with E-state index in [1.54, 1.807) is 0 Å². The van der Waals surface area contributed by atoms with E-state index >= 15 is 0 Å². The van der Waals surface area contributed by atoms with Crippen molar-refractivity contribution in [3.63, 3.8) is 0 Å². The molecule has 1 saturated carbocycles. The van der Waals surface area contributed by atoms with E-state index in [0.717, 1.165) is 55.5 Å². The third kappa shape index (κ3) is 3.00. The van der Waals surface area contributed by atoms with Gasteiger partial charge in [-0.25, -0.2) is 4.98 Å². The zero-order valence-electron chi connectivity index (χ0n) is 16.9. The number of ether oxygens (including phenoxy) is 2. The van der Waals surface area contributed by atoms with Crippen molar-refractivity contribution in [1.29, 1.82) is 0 Å². The van der Waals surface area contributed by atoms with Crippen LogP contribution in [0.3, 0.4) is 0 Å². The van der Waals surface area contributed by atoms with E-state index in [9.17, 15) is 13.9 Å². The van der Waals surface area contributed by atoms with E-state index in [1.165, 1.54) is 12.1 Å². The molecule has 8 nitrogen and oxygen atoms in total. The molecule has 1 aliphatic carbocycles. The van der Waals surface area contributed by atoms with Crippen LogP contribution in [0.4, 0.5) is 8.78 Å². The van der Waals surface area contributed by atoms with Crippen molar-refractivity contribution in [1.82, 2.24) is 24.6 Å². The number of halogens is 2. The molecule has 31 heavy (non-hydrogen) atoms. The average molecular weight is 429 g/mol. The fourth-order valence-electron chi connectivity index (χ4n) is 4.69. The Labute approximate surface area is 176 Å². The molecule has 162 valence electrons. The Kier molecular flexibility index (Phi) is 3.92. The number of nitrogens with zero attached hydrogens (tertiary/aromatic N) is 5. The highest BCUT2D eigenvalue weighted by Gasteiger charge is 2.46. The standard InChI is InChI=1S/C21H21F2N5O3/c1-27-8-2-3-12(9-27)28-10-24-17-15(11-4-5-11)16(25-26-20(17)28)13-6-7-14-19(18(13)29)31-21(22,23)30-14/h6-7,10-12,29H,2-5,8-9H2,1H3/t12-/m1/s1. The molecule has 4 heterocycles. The van der Waals surface area contributed by atoms with Crippen LogP contribution < -0.4 is 9.47 Å². The van der Waals surface area contributed by atoms with Crippen LogP contribution in [-0.2, 0) is 0 Å². The van der Waals surface area contributed by atoms with Gasteiger partial charge in [0.25, 0.3) is 0 Å². The maximum absolute atomic E-state index is 13.5. The average Bonchev–Trinajstić information content (AvgIpc) is 3.39. The number of likely N-dealkylation sites (tertiary alicyclic amines) is 1. The van der Waals surface area contributed by atoms with Crippen LogP contribution in [-0.4, -0.2) is 56.2 Å². The summed E-state index contributed by atoms with van der Waals surface area (Å²) in [5.74, 6) is -0.781. The Morgan fingerprint density at radius 2 is 2.00 bits per heavy atom. The minimum atomic E-state index is -3.81. The summed E-state index contributed by atoms with van der Waals surface area (Å²) in [5, 5.41) is 19.6. The molecule has 10 heteroatoms. The van der Waals surface area contributed by atoms with E-state index in [0.29, 0.717) is 5.69 Å². The Bertz CT molecular complexity index is 1190. The van der Waals surface area contributed by atoms with Gasteiger partial charge in [0, 0.05) is 23.7 Å². The zero-order chi connectivity index (χ0) is 21.3.